The Balaban J connectivity index is -0.000000700. The molecular weight excluding hydrogens is 827 g/mol. The smallest absolute Gasteiger partial charge is 1.00 e. The Hall–Kier alpha value is -1.17. The number of fused-ring (bicyclic) bond motifs is 3. The summed E-state index contributed by atoms with van der Waals surface area (Å²) in [7, 11) is 0. The molecule has 7 fully saturated rings. The third kappa shape index (κ3) is 22.0. The number of hydrogen-bond acceptors (Lipinski definition) is 12. The maximum Gasteiger partial charge on any atom is 1.00 e. The molecule has 3 N–H and O–H groups in total. The summed E-state index contributed by atoms with van der Waals surface area (Å²) in [6.07, 6.45) is 13.2. The molecule has 7 rings (SSSR count). The molecule has 3 saturated carbocycles. The summed E-state index contributed by atoms with van der Waals surface area (Å²) in [4.78, 5) is 60.0. The predicted molar refractivity (Wildman–Crippen MR) is 232 cm³/mol. The number of hydrogen-bond donors (Lipinski definition) is 3. The second kappa shape index (κ2) is 33.4. The van der Waals surface area contributed by atoms with Gasteiger partial charge < -0.3 is 45.7 Å². The Morgan fingerprint density at radius 3 is 1.72 bits per heavy atom. The molecule has 2 amide bonds. The Morgan fingerprint density at radius 1 is 0.750 bits per heavy atom. The van der Waals surface area contributed by atoms with Gasteiger partial charge in [0.05, 0.1) is 24.4 Å². The van der Waals surface area contributed by atoms with E-state index in [1.54, 1.807) is 25.7 Å². The van der Waals surface area contributed by atoms with E-state index in [4.69, 9.17) is 30.9 Å². The van der Waals surface area contributed by atoms with Crippen molar-refractivity contribution in [1.29, 1.82) is 0 Å². The first kappa shape index (κ1) is 60.9. The first-order chi connectivity index (χ1) is 27.1. The van der Waals surface area contributed by atoms with E-state index in [9.17, 15) is 29.1 Å². The van der Waals surface area contributed by atoms with Crippen molar-refractivity contribution < 1.29 is 84.1 Å². The molecule has 0 aromatic heterocycles. The number of aliphatic hydroxyl groups is 2. The maximum absolute atomic E-state index is 11.9. The van der Waals surface area contributed by atoms with Crippen molar-refractivity contribution in [3.05, 3.63) is 0 Å². The molecule has 7 aliphatic rings. The van der Waals surface area contributed by atoms with Crippen molar-refractivity contribution >= 4 is 61.6 Å². The van der Waals surface area contributed by atoms with Gasteiger partial charge in [-0.2, -0.15) is 0 Å². The number of carbonyl (C=O) groups excluding carboxylic acids is 5. The number of ether oxygens (including phenoxy) is 4. The van der Waals surface area contributed by atoms with Gasteiger partial charge in [-0.1, -0.05) is 19.3 Å². The normalized spacial score (nSPS) is 26.9. The number of nitrogens with zero attached hydrogens (tertiary/aromatic N) is 2. The Kier molecular flexibility index (Phi) is 33.9. The van der Waals surface area contributed by atoms with Crippen LogP contribution in [0.15, 0.2) is 0 Å². The monoisotopic (exact) mass is 902 g/mol. The van der Waals surface area contributed by atoms with Gasteiger partial charge in [-0.05, 0) is 106 Å². The van der Waals surface area contributed by atoms with E-state index in [-0.39, 0.29) is 119 Å². The molecule has 343 valence electrons. The molecule has 0 aromatic rings. The molecule has 7 atom stereocenters. The second-order valence-electron chi connectivity index (χ2n) is 16.4. The Morgan fingerprint density at radius 2 is 1.23 bits per heavy atom. The number of likely N-dealkylation sites (tertiary alicyclic amines) is 2. The van der Waals surface area contributed by atoms with Gasteiger partial charge in [-0.3, -0.25) is 9.59 Å². The van der Waals surface area contributed by atoms with E-state index in [1.807, 2.05) is 32.6 Å². The summed E-state index contributed by atoms with van der Waals surface area (Å²) in [5.41, 5.74) is -0.741. The largest absolute Gasteiger partial charge is 1.00 e. The van der Waals surface area contributed by atoms with Gasteiger partial charge in [0, 0.05) is 108 Å². The number of nitrogens with one attached hydrogen (secondary N) is 1. The SMILES string of the molecule is C1CCOC1.CC(C)OC(=O)Cl.CC(C)OC(=O)N1CCC(=O)C2CCCC21.CC(C)OC(=O)N1CCC(O)C2CCCC21.CCO.Cl.O=C1CCNC2CCCC12.[B].[H-].[Na+]. The molecule has 4 aliphatic heterocycles. The summed E-state index contributed by atoms with van der Waals surface area (Å²) in [6.45, 7) is 16.9. The summed E-state index contributed by atoms with van der Waals surface area (Å²) in [5.74, 6) is 1.56. The molecule has 60 heavy (non-hydrogen) atoms. The van der Waals surface area contributed by atoms with Crippen LogP contribution in [-0.4, -0.2) is 140 Å². The van der Waals surface area contributed by atoms with E-state index < -0.39 is 5.43 Å². The molecule has 0 bridgehead atoms. The van der Waals surface area contributed by atoms with Crippen molar-refractivity contribution in [2.24, 2.45) is 17.8 Å². The van der Waals surface area contributed by atoms with Gasteiger partial charge in [0.15, 0.2) is 0 Å². The standard InChI is InChI=1S/C12H21NO3.C12H19NO3.C8H13NO.C4H7ClO2.C4H8O.C2H6O.B.ClH.Na.H/c2*1-8(2)16-12(15)13-7-6-11(14)9-4-3-5-10(9)13;10-8-4-5-9-7-3-1-2-6(7)8;1-3(2)7-4(5)6;1-2-4-5-3-1;1-2-3;;;;/h8-11,14H,3-7H2,1-2H3;8-10H,3-7H2,1-2H3;6-7,9H,1-5H2;3H,1-2H3;1-4H2;3H,2H2,1H3;;1H;;/q;;;;;;;;+1;-1. The van der Waals surface area contributed by atoms with Gasteiger partial charge >= 0.3 is 47.2 Å². The van der Waals surface area contributed by atoms with Crippen LogP contribution in [0.5, 0.6) is 0 Å². The predicted octanol–water partition coefficient (Wildman–Crippen LogP) is 4.18. The van der Waals surface area contributed by atoms with Gasteiger partial charge in [0.2, 0.25) is 0 Å². The van der Waals surface area contributed by atoms with Crippen molar-refractivity contribution in [3.8, 4) is 0 Å². The van der Waals surface area contributed by atoms with Crippen LogP contribution in [-0.2, 0) is 28.5 Å². The number of halogens is 2. The number of Topliss-reactive ketones (excluding diaryl/α,β-unsaturated/α-hetero) is 2. The van der Waals surface area contributed by atoms with Crippen LogP contribution >= 0.6 is 24.0 Å². The number of ketones is 2. The van der Waals surface area contributed by atoms with E-state index in [2.05, 4.69) is 10.1 Å². The van der Waals surface area contributed by atoms with Crippen LogP contribution in [0.4, 0.5) is 14.4 Å². The minimum atomic E-state index is -0.741. The van der Waals surface area contributed by atoms with E-state index in [0.717, 1.165) is 71.1 Å². The average Bonchev–Trinajstić information content (AvgIpc) is 3.98. The average molecular weight is 904 g/mol. The van der Waals surface area contributed by atoms with E-state index in [1.165, 1.54) is 25.7 Å². The van der Waals surface area contributed by atoms with Crippen molar-refractivity contribution in [2.45, 2.75) is 181 Å². The summed E-state index contributed by atoms with van der Waals surface area (Å²) < 4.78 is 19.8. The summed E-state index contributed by atoms with van der Waals surface area (Å²) in [5, 5.41) is 20.8. The third-order valence-electron chi connectivity index (χ3n) is 11.0. The molecular formula is C42H76BCl2N3NaO11. The first-order valence-electron chi connectivity index (χ1n) is 21.6. The fraction of sp³-hybridized carbons (Fsp3) is 0.881. The van der Waals surface area contributed by atoms with Gasteiger partial charge in [-0.15, -0.1) is 12.4 Å². The van der Waals surface area contributed by atoms with Crippen molar-refractivity contribution in [3.63, 3.8) is 0 Å². The zero-order valence-electron chi connectivity index (χ0n) is 38.7. The van der Waals surface area contributed by atoms with Crippen LogP contribution in [0.1, 0.15) is 140 Å². The molecule has 14 nitrogen and oxygen atoms in total. The Bertz CT molecular complexity index is 1240. The summed E-state index contributed by atoms with van der Waals surface area (Å²) in [6, 6.07) is 0.851. The topological polar surface area (TPSA) is 181 Å². The first-order valence-corrected chi connectivity index (χ1v) is 21.9. The zero-order chi connectivity index (χ0) is 42.5. The molecule has 3 radical (unpaired) electrons. The number of aliphatic hydroxyl groups excluding tert-OH is 2. The van der Waals surface area contributed by atoms with Gasteiger partial charge in [0.1, 0.15) is 11.6 Å². The number of carbonyl (C=O) groups is 5. The van der Waals surface area contributed by atoms with E-state index >= 15 is 0 Å². The number of amides is 2. The molecule has 18 heteroatoms. The van der Waals surface area contributed by atoms with Gasteiger partial charge in [-0.25, -0.2) is 14.4 Å². The minimum absolute atomic E-state index is 0. The van der Waals surface area contributed by atoms with E-state index in [0.29, 0.717) is 49.5 Å². The van der Waals surface area contributed by atoms with Crippen molar-refractivity contribution in [1.82, 2.24) is 15.1 Å². The molecule has 3 aliphatic carbocycles. The summed E-state index contributed by atoms with van der Waals surface area (Å²) >= 11 is 4.81. The van der Waals surface area contributed by atoms with Crippen molar-refractivity contribution in [2.75, 3.05) is 39.5 Å². The van der Waals surface area contributed by atoms with Gasteiger partial charge in [0.25, 0.3) is 0 Å². The van der Waals surface area contributed by atoms with Crippen LogP contribution in [0.25, 0.3) is 0 Å². The quantitative estimate of drug-likeness (QED) is 0.209. The second-order valence-corrected chi connectivity index (χ2v) is 16.8. The fourth-order valence-electron chi connectivity index (χ4n) is 8.57. The van der Waals surface area contributed by atoms with Crippen LogP contribution in [0.2, 0.25) is 0 Å². The van der Waals surface area contributed by atoms with Crippen LogP contribution in [0.3, 0.4) is 0 Å². The fourth-order valence-corrected chi connectivity index (χ4v) is 8.75. The molecule has 4 saturated heterocycles. The minimum Gasteiger partial charge on any atom is -1.00 e. The maximum atomic E-state index is 11.9. The molecule has 0 spiro atoms. The molecule has 0 aromatic carbocycles. The molecule has 4 heterocycles. The zero-order valence-corrected chi connectivity index (χ0v) is 41.3. The number of rotatable bonds is 3. The molecule has 7 unspecified atom stereocenters. The van der Waals surface area contributed by atoms with Crippen LogP contribution in [0, 0.1) is 17.8 Å². The Labute approximate surface area is 396 Å². The third-order valence-corrected chi connectivity index (χ3v) is 11.1. The number of piperidine rings is 3. The van der Waals surface area contributed by atoms with Crippen LogP contribution < -0.4 is 34.9 Å².